The summed E-state index contributed by atoms with van der Waals surface area (Å²) in [4.78, 5) is 17.8. The third-order valence-corrected chi connectivity index (χ3v) is 5.67. The van der Waals surface area contributed by atoms with Crippen molar-refractivity contribution in [1.29, 1.82) is 0 Å². The van der Waals surface area contributed by atoms with E-state index in [-0.39, 0.29) is 24.9 Å². The number of fused-ring (bicyclic) bond motifs is 1. The average Bonchev–Trinajstić information content (AvgIpc) is 2.97. The van der Waals surface area contributed by atoms with Crippen LogP contribution in [0.4, 0.5) is 13.2 Å². The number of rotatable bonds is 5. The first kappa shape index (κ1) is 22.3. The maximum atomic E-state index is 12.2. The Labute approximate surface area is 166 Å². The fourth-order valence-electron chi connectivity index (χ4n) is 3.16. The van der Waals surface area contributed by atoms with Crippen LogP contribution in [0.5, 0.6) is 5.88 Å². The lowest BCUT2D eigenvalue weighted by molar-refractivity contribution is -0.136. The van der Waals surface area contributed by atoms with Gasteiger partial charge in [-0.1, -0.05) is 6.92 Å². The zero-order valence-electron chi connectivity index (χ0n) is 16.0. The van der Waals surface area contributed by atoms with E-state index in [1.807, 2.05) is 29.4 Å². The molecule has 0 bridgehead atoms. The van der Waals surface area contributed by atoms with Gasteiger partial charge in [-0.3, -0.25) is 4.79 Å². The number of carbonyl (C=O) groups excluding carboxylic acids is 1. The molecule has 1 aliphatic heterocycles. The minimum atomic E-state index is -4.15. The number of hydrogen-bond donors (Lipinski definition) is 1. The number of ether oxygens (including phenoxy) is 1. The molecular weight excluding hydrogens is 393 g/mol. The summed E-state index contributed by atoms with van der Waals surface area (Å²) < 4.78 is 43.9. The first-order valence-electron chi connectivity index (χ1n) is 8.97. The van der Waals surface area contributed by atoms with Gasteiger partial charge in [0.1, 0.15) is 11.3 Å². The number of thioether (sulfide) groups is 1. The molecular formula is C18H25F3N4O2S. The van der Waals surface area contributed by atoms with E-state index in [0.717, 1.165) is 35.7 Å². The number of amides is 1. The van der Waals surface area contributed by atoms with E-state index in [0.29, 0.717) is 11.5 Å². The van der Waals surface area contributed by atoms with Gasteiger partial charge in [-0.05, 0) is 36.8 Å². The number of aromatic nitrogens is 3. The lowest BCUT2D eigenvalue weighted by Gasteiger charge is -2.32. The third-order valence-electron chi connectivity index (χ3n) is 4.68. The van der Waals surface area contributed by atoms with Gasteiger partial charge in [-0.2, -0.15) is 29.9 Å². The van der Waals surface area contributed by atoms with E-state index in [4.69, 9.17) is 14.5 Å². The topological polar surface area (TPSA) is 83.0 Å². The second-order valence-electron chi connectivity index (χ2n) is 6.86. The second kappa shape index (κ2) is 9.49. The van der Waals surface area contributed by atoms with E-state index < -0.39 is 12.6 Å². The monoisotopic (exact) mass is 418 g/mol. The van der Waals surface area contributed by atoms with Crippen LogP contribution in [-0.2, 0) is 17.3 Å². The number of hydrogen-bond acceptors (Lipinski definition) is 5. The Morgan fingerprint density at radius 3 is 2.57 bits per heavy atom. The van der Waals surface area contributed by atoms with Gasteiger partial charge in [0.25, 0.3) is 0 Å². The highest BCUT2D eigenvalue weighted by Crippen LogP contribution is 2.38. The molecule has 156 valence electrons. The van der Waals surface area contributed by atoms with Crippen molar-refractivity contribution < 1.29 is 22.7 Å². The van der Waals surface area contributed by atoms with Gasteiger partial charge < -0.3 is 15.0 Å². The molecule has 0 saturated carbocycles. The van der Waals surface area contributed by atoms with E-state index in [9.17, 15) is 13.2 Å². The molecule has 10 heteroatoms. The molecule has 2 aromatic rings. The number of aryl methyl sites for hydroxylation is 1. The van der Waals surface area contributed by atoms with E-state index in [2.05, 4.69) is 17.6 Å². The normalized spacial score (nSPS) is 16.3. The quantitative estimate of drug-likeness (QED) is 0.593. The van der Waals surface area contributed by atoms with Crippen LogP contribution in [0.1, 0.15) is 38.4 Å². The molecule has 0 aliphatic carbocycles. The molecule has 0 unspecified atom stereocenters. The summed E-state index contributed by atoms with van der Waals surface area (Å²) in [7, 11) is 1.94. The van der Waals surface area contributed by atoms with Gasteiger partial charge >= 0.3 is 6.18 Å². The minimum absolute atomic E-state index is 0.00232. The number of nitrogens with two attached hydrogens (primary N) is 1. The predicted octanol–water partition coefficient (Wildman–Crippen LogP) is 3.58. The first-order valence-corrected chi connectivity index (χ1v) is 10.1. The van der Waals surface area contributed by atoms with Crippen LogP contribution >= 0.6 is 11.8 Å². The standard InChI is InChI=1S/C17H22F3N3OS.CH3NO/c1-16(7-10-25-11-8-16)15-21-12-4-5-13(22-14(12)23(15)2)24-9-3-6-17(18,19)20;2-1-3/h4-5H,3,6-11H2,1-2H3;1H,(H2,2,3). The smallest absolute Gasteiger partial charge is 0.389 e. The summed E-state index contributed by atoms with van der Waals surface area (Å²) in [5.74, 6) is 3.61. The number of primary amides is 1. The van der Waals surface area contributed by atoms with Crippen molar-refractivity contribution in [1.82, 2.24) is 14.5 Å². The van der Waals surface area contributed by atoms with Crippen molar-refractivity contribution in [3.8, 4) is 5.88 Å². The van der Waals surface area contributed by atoms with Crippen molar-refractivity contribution in [2.75, 3.05) is 18.1 Å². The molecule has 2 aromatic heterocycles. The maximum absolute atomic E-state index is 12.2. The van der Waals surface area contributed by atoms with Crippen LogP contribution in [0, 0.1) is 0 Å². The highest BCUT2D eigenvalue weighted by atomic mass is 32.2. The van der Waals surface area contributed by atoms with Crippen molar-refractivity contribution in [2.24, 2.45) is 12.8 Å². The fraction of sp³-hybridized carbons (Fsp3) is 0.611. The summed E-state index contributed by atoms with van der Waals surface area (Å²) in [6.45, 7) is 2.24. The molecule has 1 fully saturated rings. The summed E-state index contributed by atoms with van der Waals surface area (Å²) in [6, 6.07) is 3.50. The Morgan fingerprint density at radius 1 is 1.32 bits per heavy atom. The zero-order valence-corrected chi connectivity index (χ0v) is 16.8. The number of imidazole rings is 1. The van der Waals surface area contributed by atoms with Crippen LogP contribution in [-0.4, -0.2) is 45.2 Å². The highest BCUT2D eigenvalue weighted by molar-refractivity contribution is 7.99. The van der Waals surface area contributed by atoms with Gasteiger partial charge in [-0.15, -0.1) is 0 Å². The average molecular weight is 418 g/mol. The van der Waals surface area contributed by atoms with Crippen molar-refractivity contribution in [3.63, 3.8) is 0 Å². The third kappa shape index (κ3) is 5.76. The Balaban J connectivity index is 0.000000878. The molecule has 0 radical (unpaired) electrons. The van der Waals surface area contributed by atoms with Gasteiger partial charge in [0.05, 0.1) is 6.61 Å². The predicted molar refractivity (Wildman–Crippen MR) is 103 cm³/mol. The number of halogens is 3. The Bertz CT molecular complexity index is 789. The van der Waals surface area contributed by atoms with Crippen molar-refractivity contribution in [3.05, 3.63) is 18.0 Å². The molecule has 2 N–H and O–H groups in total. The summed E-state index contributed by atoms with van der Waals surface area (Å²) in [5, 5.41) is 0. The lowest BCUT2D eigenvalue weighted by atomic mass is 9.83. The van der Waals surface area contributed by atoms with E-state index >= 15 is 0 Å². The minimum Gasteiger partial charge on any atom is -0.478 e. The molecule has 3 rings (SSSR count). The van der Waals surface area contributed by atoms with Crippen molar-refractivity contribution >= 4 is 29.3 Å². The summed E-state index contributed by atoms with van der Waals surface area (Å²) >= 11 is 1.97. The van der Waals surface area contributed by atoms with Crippen LogP contribution in [0.2, 0.25) is 0 Å². The fourth-order valence-corrected chi connectivity index (χ4v) is 4.56. The Hall–Kier alpha value is -1.97. The molecule has 1 aliphatic rings. The lowest BCUT2D eigenvalue weighted by Crippen LogP contribution is -2.30. The zero-order chi connectivity index (χ0) is 20.8. The van der Waals surface area contributed by atoms with Crippen LogP contribution in [0.3, 0.4) is 0 Å². The van der Waals surface area contributed by atoms with E-state index in [1.165, 1.54) is 0 Å². The van der Waals surface area contributed by atoms with Gasteiger partial charge in [0.2, 0.25) is 12.3 Å². The molecule has 0 atom stereocenters. The van der Waals surface area contributed by atoms with Gasteiger partial charge in [-0.25, -0.2) is 4.98 Å². The van der Waals surface area contributed by atoms with Gasteiger partial charge in [0, 0.05) is 24.9 Å². The molecule has 3 heterocycles. The molecule has 6 nitrogen and oxygen atoms in total. The molecule has 1 saturated heterocycles. The largest absolute Gasteiger partial charge is 0.478 e. The highest BCUT2D eigenvalue weighted by Gasteiger charge is 2.34. The number of carbonyl (C=O) groups is 1. The number of nitrogens with zero attached hydrogens (tertiary/aromatic N) is 3. The number of pyridine rings is 1. The SMILES string of the molecule is Cn1c(C2(C)CCSCC2)nc2ccc(OCCCC(F)(F)F)nc21.NC=O. The summed E-state index contributed by atoms with van der Waals surface area (Å²) in [6.07, 6.45) is -2.66. The molecule has 0 spiro atoms. The van der Waals surface area contributed by atoms with Crippen LogP contribution < -0.4 is 10.5 Å². The maximum Gasteiger partial charge on any atom is 0.389 e. The first-order chi connectivity index (χ1) is 13.2. The van der Waals surface area contributed by atoms with Crippen LogP contribution in [0.25, 0.3) is 11.2 Å². The molecule has 0 aromatic carbocycles. The molecule has 28 heavy (non-hydrogen) atoms. The van der Waals surface area contributed by atoms with Gasteiger partial charge in [0.15, 0.2) is 5.65 Å². The van der Waals surface area contributed by atoms with Crippen molar-refractivity contribution in [2.45, 2.75) is 44.2 Å². The Morgan fingerprint density at radius 2 is 1.96 bits per heavy atom. The Kier molecular flexibility index (Phi) is 7.56. The second-order valence-corrected chi connectivity index (χ2v) is 8.09. The molecule has 1 amide bonds. The summed E-state index contributed by atoms with van der Waals surface area (Å²) in [5.41, 5.74) is 5.70. The van der Waals surface area contributed by atoms with Crippen LogP contribution in [0.15, 0.2) is 12.1 Å². The number of alkyl halides is 3. The van der Waals surface area contributed by atoms with E-state index in [1.54, 1.807) is 6.07 Å².